The zero-order valence-corrected chi connectivity index (χ0v) is 9.73. The molecular formula is C14H16N2O. The van der Waals surface area contributed by atoms with E-state index < -0.39 is 0 Å². The highest BCUT2D eigenvalue weighted by Crippen LogP contribution is 2.36. The Kier molecular flexibility index (Phi) is 2.67. The fourth-order valence-corrected chi connectivity index (χ4v) is 2.94. The van der Waals surface area contributed by atoms with E-state index in [4.69, 9.17) is 0 Å². The van der Waals surface area contributed by atoms with Gasteiger partial charge in [-0.2, -0.15) is 5.10 Å². The van der Waals surface area contributed by atoms with Gasteiger partial charge in [0.25, 0.3) is 0 Å². The maximum Gasteiger partial charge on any atom is 0.248 e. The average Bonchev–Trinajstić information content (AvgIpc) is 2.39. The third-order valence-electron chi connectivity index (χ3n) is 3.78. The molecule has 2 aliphatic rings. The van der Waals surface area contributed by atoms with Crippen LogP contribution in [0, 0.1) is 5.92 Å². The van der Waals surface area contributed by atoms with Crippen LogP contribution in [-0.4, -0.2) is 11.6 Å². The number of nitrogens with zero attached hydrogens (tertiary/aromatic N) is 1. The molecule has 0 unspecified atom stereocenters. The van der Waals surface area contributed by atoms with Gasteiger partial charge in [-0.15, -0.1) is 0 Å². The molecule has 1 aliphatic carbocycles. The smallest absolute Gasteiger partial charge is 0.248 e. The normalized spacial score (nSPS) is 28.0. The van der Waals surface area contributed by atoms with Crippen LogP contribution in [0.2, 0.25) is 0 Å². The van der Waals surface area contributed by atoms with Crippen molar-refractivity contribution in [2.24, 2.45) is 11.0 Å². The monoisotopic (exact) mass is 228 g/mol. The van der Waals surface area contributed by atoms with Crippen LogP contribution in [0.25, 0.3) is 0 Å². The molecular weight excluding hydrogens is 212 g/mol. The Morgan fingerprint density at radius 3 is 2.82 bits per heavy atom. The van der Waals surface area contributed by atoms with Crippen LogP contribution in [0.3, 0.4) is 0 Å². The fraction of sp³-hybridized carbons (Fsp3) is 0.429. The second-order valence-electron chi connectivity index (χ2n) is 4.82. The summed E-state index contributed by atoms with van der Waals surface area (Å²) in [6.45, 7) is 0. The van der Waals surface area contributed by atoms with Gasteiger partial charge in [0.1, 0.15) is 0 Å². The Hall–Kier alpha value is -1.64. The maximum absolute atomic E-state index is 12.0. The van der Waals surface area contributed by atoms with E-state index >= 15 is 0 Å². The molecule has 0 bridgehead atoms. The van der Waals surface area contributed by atoms with Crippen LogP contribution in [0.4, 0.5) is 0 Å². The molecule has 3 rings (SSSR count). The molecule has 0 spiro atoms. The number of hydrogen-bond acceptors (Lipinski definition) is 2. The molecule has 1 fully saturated rings. The standard InChI is InChI=1S/C14H16N2O/c17-14-13(10-6-2-1-3-7-10)11-8-4-5-9-12(11)15-16-14/h1-3,6-7,11,13H,4-5,8-9H2,(H,16,17)/t11-,13-/m0/s1. The highest BCUT2D eigenvalue weighted by molar-refractivity contribution is 5.98. The van der Waals surface area contributed by atoms with Crippen molar-refractivity contribution >= 4 is 11.6 Å². The predicted octanol–water partition coefficient (Wildman–Crippen LogP) is 2.45. The summed E-state index contributed by atoms with van der Waals surface area (Å²) >= 11 is 0. The minimum atomic E-state index is -0.0380. The van der Waals surface area contributed by atoms with Crippen LogP contribution in [0.5, 0.6) is 0 Å². The summed E-state index contributed by atoms with van der Waals surface area (Å²) in [6.07, 6.45) is 4.53. The van der Waals surface area contributed by atoms with Crippen LogP contribution in [0.1, 0.15) is 37.2 Å². The lowest BCUT2D eigenvalue weighted by atomic mass is 9.74. The van der Waals surface area contributed by atoms with Crippen molar-refractivity contribution in [3.05, 3.63) is 35.9 Å². The summed E-state index contributed by atoms with van der Waals surface area (Å²) < 4.78 is 0. The van der Waals surface area contributed by atoms with E-state index in [9.17, 15) is 4.79 Å². The summed E-state index contributed by atoms with van der Waals surface area (Å²) in [5.74, 6) is 0.329. The lowest BCUT2D eigenvalue weighted by molar-refractivity contribution is -0.123. The molecule has 0 saturated heterocycles. The number of carbonyl (C=O) groups is 1. The summed E-state index contributed by atoms with van der Waals surface area (Å²) in [4.78, 5) is 12.0. The predicted molar refractivity (Wildman–Crippen MR) is 66.7 cm³/mol. The van der Waals surface area contributed by atoms with Crippen molar-refractivity contribution in [2.75, 3.05) is 0 Å². The minimum absolute atomic E-state index is 0.0380. The Bertz CT molecular complexity index is 453. The van der Waals surface area contributed by atoms with Gasteiger partial charge in [-0.25, -0.2) is 5.43 Å². The first kappa shape index (κ1) is 10.5. The number of hydrazone groups is 1. The van der Waals surface area contributed by atoms with Crippen molar-refractivity contribution in [1.29, 1.82) is 0 Å². The van der Waals surface area contributed by atoms with Gasteiger partial charge in [0, 0.05) is 11.6 Å². The molecule has 3 heteroatoms. The van der Waals surface area contributed by atoms with Crippen molar-refractivity contribution < 1.29 is 4.79 Å². The molecule has 0 aromatic heterocycles. The van der Waals surface area contributed by atoms with E-state index in [1.807, 2.05) is 30.3 Å². The van der Waals surface area contributed by atoms with E-state index in [1.165, 1.54) is 18.6 Å². The SMILES string of the molecule is O=C1NN=C2CCCC[C@@H]2[C@@H]1c1ccccc1. The summed E-state index contributed by atoms with van der Waals surface area (Å²) in [5.41, 5.74) is 4.98. The van der Waals surface area contributed by atoms with E-state index in [0.29, 0.717) is 5.92 Å². The zero-order valence-electron chi connectivity index (χ0n) is 9.73. The van der Waals surface area contributed by atoms with Crippen LogP contribution >= 0.6 is 0 Å². The van der Waals surface area contributed by atoms with Crippen molar-refractivity contribution in [3.63, 3.8) is 0 Å². The highest BCUT2D eigenvalue weighted by atomic mass is 16.2. The van der Waals surface area contributed by atoms with Gasteiger partial charge in [-0.05, 0) is 24.8 Å². The molecule has 0 radical (unpaired) electrons. The molecule has 3 nitrogen and oxygen atoms in total. The van der Waals surface area contributed by atoms with Gasteiger partial charge >= 0.3 is 0 Å². The van der Waals surface area contributed by atoms with Crippen LogP contribution < -0.4 is 5.43 Å². The number of nitrogens with one attached hydrogen (secondary N) is 1. The summed E-state index contributed by atoms with van der Waals surface area (Å²) in [6, 6.07) is 10.1. The van der Waals surface area contributed by atoms with E-state index in [1.54, 1.807) is 0 Å². The van der Waals surface area contributed by atoms with Gasteiger partial charge in [-0.1, -0.05) is 36.8 Å². The van der Waals surface area contributed by atoms with E-state index in [-0.39, 0.29) is 11.8 Å². The van der Waals surface area contributed by atoms with E-state index in [2.05, 4.69) is 10.5 Å². The van der Waals surface area contributed by atoms with Gasteiger partial charge < -0.3 is 0 Å². The first-order valence-electron chi connectivity index (χ1n) is 6.27. The number of hydrogen-bond donors (Lipinski definition) is 1. The summed E-state index contributed by atoms with van der Waals surface area (Å²) in [5, 5.41) is 4.23. The second kappa shape index (κ2) is 4.32. The first-order valence-corrected chi connectivity index (χ1v) is 6.27. The number of rotatable bonds is 1. The quantitative estimate of drug-likeness (QED) is 0.788. The average molecular weight is 228 g/mol. The maximum atomic E-state index is 12.0. The Morgan fingerprint density at radius 2 is 2.00 bits per heavy atom. The van der Waals surface area contributed by atoms with Gasteiger partial charge in [0.05, 0.1) is 5.92 Å². The Balaban J connectivity index is 1.97. The molecule has 1 aliphatic heterocycles. The lowest BCUT2D eigenvalue weighted by Crippen LogP contribution is -2.41. The minimum Gasteiger partial charge on any atom is -0.272 e. The molecule has 1 N–H and O–H groups in total. The van der Waals surface area contributed by atoms with Gasteiger partial charge in [0.2, 0.25) is 5.91 Å². The van der Waals surface area contributed by atoms with Crippen molar-refractivity contribution in [3.8, 4) is 0 Å². The third-order valence-corrected chi connectivity index (χ3v) is 3.78. The number of carbonyl (C=O) groups excluding carboxylic acids is 1. The largest absolute Gasteiger partial charge is 0.272 e. The second-order valence-corrected chi connectivity index (χ2v) is 4.82. The number of fused-ring (bicyclic) bond motifs is 1. The Morgan fingerprint density at radius 1 is 1.18 bits per heavy atom. The molecule has 1 amide bonds. The topological polar surface area (TPSA) is 41.5 Å². The molecule has 1 heterocycles. The Labute approximate surface area is 101 Å². The molecule has 88 valence electrons. The first-order chi connectivity index (χ1) is 8.36. The zero-order chi connectivity index (χ0) is 11.7. The third kappa shape index (κ3) is 1.86. The lowest BCUT2D eigenvalue weighted by Gasteiger charge is -2.33. The molecule has 1 saturated carbocycles. The highest BCUT2D eigenvalue weighted by Gasteiger charge is 2.37. The summed E-state index contributed by atoms with van der Waals surface area (Å²) in [7, 11) is 0. The van der Waals surface area contributed by atoms with Crippen LogP contribution in [-0.2, 0) is 4.79 Å². The molecule has 1 aromatic rings. The van der Waals surface area contributed by atoms with Crippen molar-refractivity contribution in [1.82, 2.24) is 5.43 Å². The van der Waals surface area contributed by atoms with Gasteiger partial charge in [-0.3, -0.25) is 4.79 Å². The van der Waals surface area contributed by atoms with Crippen molar-refractivity contribution in [2.45, 2.75) is 31.6 Å². The van der Waals surface area contributed by atoms with E-state index in [0.717, 1.165) is 18.4 Å². The van der Waals surface area contributed by atoms with Gasteiger partial charge in [0.15, 0.2) is 0 Å². The number of benzene rings is 1. The van der Waals surface area contributed by atoms with Crippen LogP contribution in [0.15, 0.2) is 35.4 Å². The molecule has 1 aromatic carbocycles. The molecule has 2 atom stereocenters. The number of amides is 1. The molecule has 17 heavy (non-hydrogen) atoms. The fourth-order valence-electron chi connectivity index (χ4n) is 2.94.